The van der Waals surface area contributed by atoms with Gasteiger partial charge in [-0.3, -0.25) is 19.0 Å². The lowest BCUT2D eigenvalue weighted by molar-refractivity contribution is -0.121. The van der Waals surface area contributed by atoms with E-state index in [-0.39, 0.29) is 41.8 Å². The maximum absolute atomic E-state index is 12.0. The number of carboxylic acids is 1. The third-order valence-electron chi connectivity index (χ3n) is 3.39. The molecule has 3 N–H and O–H groups in total. The maximum atomic E-state index is 12.0. The van der Waals surface area contributed by atoms with E-state index in [1.54, 1.807) is 14.0 Å². The standard InChI is InChI=1S/C14H17ClN6O4/c1-8-11(15)12(19-20(8)2)13(23)17-4-3-16-10(22)7-21-6-9(5-18-21)14(24)25/h5-6H,3-4,7H2,1-2H3,(H,16,22)(H,17,23)(H,24,25). The van der Waals surface area contributed by atoms with E-state index < -0.39 is 11.9 Å². The quantitative estimate of drug-likeness (QED) is 0.581. The predicted molar refractivity (Wildman–Crippen MR) is 87.5 cm³/mol. The van der Waals surface area contributed by atoms with Gasteiger partial charge >= 0.3 is 5.97 Å². The number of aryl methyl sites for hydroxylation is 1. The number of aromatic carboxylic acids is 1. The van der Waals surface area contributed by atoms with Crippen molar-refractivity contribution in [2.75, 3.05) is 13.1 Å². The predicted octanol–water partition coefficient (Wildman–Crippen LogP) is -0.177. The lowest BCUT2D eigenvalue weighted by Crippen LogP contribution is -2.36. The Kier molecular flexibility index (Phi) is 5.75. The zero-order chi connectivity index (χ0) is 18.6. The summed E-state index contributed by atoms with van der Waals surface area (Å²) in [4.78, 5) is 34.4. The molecule has 2 heterocycles. The van der Waals surface area contributed by atoms with Gasteiger partial charge in [0, 0.05) is 26.3 Å². The zero-order valence-corrected chi connectivity index (χ0v) is 14.4. The number of amides is 2. The van der Waals surface area contributed by atoms with Gasteiger partial charge in [0.25, 0.3) is 5.91 Å². The number of hydrogen-bond acceptors (Lipinski definition) is 5. The van der Waals surface area contributed by atoms with Crippen LogP contribution in [0.1, 0.15) is 26.5 Å². The van der Waals surface area contributed by atoms with Crippen molar-refractivity contribution in [3.05, 3.63) is 34.4 Å². The van der Waals surface area contributed by atoms with Gasteiger partial charge in [0.1, 0.15) is 6.54 Å². The first kappa shape index (κ1) is 18.5. The number of carboxylic acid groups (broad SMARTS) is 1. The molecule has 2 aromatic heterocycles. The van der Waals surface area contributed by atoms with Crippen molar-refractivity contribution in [1.82, 2.24) is 30.2 Å². The number of carbonyl (C=O) groups is 3. The van der Waals surface area contributed by atoms with E-state index in [1.807, 2.05) is 0 Å². The van der Waals surface area contributed by atoms with Crippen molar-refractivity contribution >= 4 is 29.4 Å². The van der Waals surface area contributed by atoms with Crippen molar-refractivity contribution in [2.45, 2.75) is 13.5 Å². The van der Waals surface area contributed by atoms with E-state index in [4.69, 9.17) is 16.7 Å². The minimum absolute atomic E-state index is 0.00240. The molecule has 0 radical (unpaired) electrons. The Balaban J connectivity index is 1.74. The highest BCUT2D eigenvalue weighted by Crippen LogP contribution is 2.18. The molecule has 0 saturated carbocycles. The van der Waals surface area contributed by atoms with Crippen molar-refractivity contribution in [1.29, 1.82) is 0 Å². The average molecular weight is 369 g/mol. The van der Waals surface area contributed by atoms with Crippen LogP contribution in [0.2, 0.25) is 5.02 Å². The topological polar surface area (TPSA) is 131 Å². The van der Waals surface area contributed by atoms with E-state index in [0.29, 0.717) is 5.69 Å². The molecular weight excluding hydrogens is 352 g/mol. The van der Waals surface area contributed by atoms with Gasteiger partial charge in [0.05, 0.1) is 22.5 Å². The smallest absolute Gasteiger partial charge is 0.338 e. The largest absolute Gasteiger partial charge is 0.478 e. The van der Waals surface area contributed by atoms with Gasteiger partial charge in [0.2, 0.25) is 5.91 Å². The third-order valence-corrected chi connectivity index (χ3v) is 3.85. The Labute approximate surface area is 147 Å². The number of nitrogens with zero attached hydrogens (tertiary/aromatic N) is 4. The molecule has 11 heteroatoms. The van der Waals surface area contributed by atoms with Crippen LogP contribution in [0.15, 0.2) is 12.4 Å². The van der Waals surface area contributed by atoms with E-state index in [9.17, 15) is 14.4 Å². The summed E-state index contributed by atoms with van der Waals surface area (Å²) < 4.78 is 2.72. The first-order valence-corrected chi connectivity index (χ1v) is 7.67. The molecule has 0 bridgehead atoms. The van der Waals surface area contributed by atoms with Crippen LogP contribution in [-0.4, -0.2) is 55.5 Å². The van der Waals surface area contributed by atoms with Crippen LogP contribution in [0.3, 0.4) is 0 Å². The summed E-state index contributed by atoms with van der Waals surface area (Å²) >= 11 is 6.02. The summed E-state index contributed by atoms with van der Waals surface area (Å²) in [5.41, 5.74) is 0.813. The van der Waals surface area contributed by atoms with Crippen LogP contribution in [0.5, 0.6) is 0 Å². The Morgan fingerprint density at radius 2 is 1.96 bits per heavy atom. The first-order valence-electron chi connectivity index (χ1n) is 7.29. The van der Waals surface area contributed by atoms with Gasteiger partial charge in [-0.25, -0.2) is 4.79 Å². The van der Waals surface area contributed by atoms with Crippen LogP contribution in [0.4, 0.5) is 0 Å². The molecule has 25 heavy (non-hydrogen) atoms. The highest BCUT2D eigenvalue weighted by Gasteiger charge is 2.17. The fourth-order valence-electron chi connectivity index (χ4n) is 1.95. The number of nitrogens with one attached hydrogen (secondary N) is 2. The highest BCUT2D eigenvalue weighted by molar-refractivity contribution is 6.34. The molecule has 2 rings (SSSR count). The van der Waals surface area contributed by atoms with Gasteiger partial charge in [0.15, 0.2) is 5.69 Å². The van der Waals surface area contributed by atoms with E-state index in [1.165, 1.54) is 15.6 Å². The molecule has 0 aromatic carbocycles. The molecule has 0 spiro atoms. The van der Waals surface area contributed by atoms with Crippen molar-refractivity contribution in [2.24, 2.45) is 7.05 Å². The fourth-order valence-corrected chi connectivity index (χ4v) is 2.20. The molecule has 0 aliphatic carbocycles. The van der Waals surface area contributed by atoms with Gasteiger partial charge < -0.3 is 15.7 Å². The third kappa shape index (κ3) is 4.57. The monoisotopic (exact) mass is 368 g/mol. The SMILES string of the molecule is Cc1c(Cl)c(C(=O)NCCNC(=O)Cn2cc(C(=O)O)cn2)nn1C. The zero-order valence-electron chi connectivity index (χ0n) is 13.6. The van der Waals surface area contributed by atoms with Gasteiger partial charge in [-0.1, -0.05) is 11.6 Å². The number of rotatable bonds is 7. The second-order valence-electron chi connectivity index (χ2n) is 5.21. The van der Waals surface area contributed by atoms with Crippen LogP contribution >= 0.6 is 11.6 Å². The van der Waals surface area contributed by atoms with Crippen LogP contribution in [-0.2, 0) is 18.4 Å². The van der Waals surface area contributed by atoms with Crippen LogP contribution in [0.25, 0.3) is 0 Å². The van der Waals surface area contributed by atoms with Gasteiger partial charge in [-0.15, -0.1) is 0 Å². The van der Waals surface area contributed by atoms with Crippen molar-refractivity contribution < 1.29 is 19.5 Å². The molecule has 0 saturated heterocycles. The first-order chi connectivity index (χ1) is 11.8. The number of carbonyl (C=O) groups excluding carboxylic acids is 2. The summed E-state index contributed by atoms with van der Waals surface area (Å²) in [6, 6.07) is 0. The molecule has 2 aromatic rings. The Morgan fingerprint density at radius 3 is 2.52 bits per heavy atom. The van der Waals surface area contributed by atoms with Crippen molar-refractivity contribution in [3.63, 3.8) is 0 Å². The molecule has 0 atom stereocenters. The molecule has 10 nitrogen and oxygen atoms in total. The Hall–Kier alpha value is -2.88. The number of hydrogen-bond donors (Lipinski definition) is 3. The number of halogens is 1. The van der Waals surface area contributed by atoms with Gasteiger partial charge in [-0.05, 0) is 6.92 Å². The normalized spacial score (nSPS) is 10.5. The summed E-state index contributed by atoms with van der Waals surface area (Å²) in [6.45, 7) is 2.01. The molecule has 0 unspecified atom stereocenters. The average Bonchev–Trinajstić information content (AvgIpc) is 3.12. The molecule has 2 amide bonds. The summed E-state index contributed by atoms with van der Waals surface area (Å²) in [5, 5.41) is 22.1. The summed E-state index contributed by atoms with van der Waals surface area (Å²) in [7, 11) is 1.68. The highest BCUT2D eigenvalue weighted by atomic mass is 35.5. The number of aromatic nitrogens is 4. The molecule has 0 fully saturated rings. The maximum Gasteiger partial charge on any atom is 0.338 e. The Bertz CT molecular complexity index is 812. The van der Waals surface area contributed by atoms with Crippen LogP contribution < -0.4 is 10.6 Å². The van der Waals surface area contributed by atoms with Crippen molar-refractivity contribution in [3.8, 4) is 0 Å². The second-order valence-corrected chi connectivity index (χ2v) is 5.59. The Morgan fingerprint density at radius 1 is 1.28 bits per heavy atom. The van der Waals surface area contributed by atoms with E-state index in [2.05, 4.69) is 20.8 Å². The molecule has 0 aliphatic rings. The molecule has 0 aliphatic heterocycles. The van der Waals surface area contributed by atoms with Crippen LogP contribution in [0, 0.1) is 6.92 Å². The lowest BCUT2D eigenvalue weighted by atomic mass is 10.3. The molecular formula is C14H17ClN6O4. The van der Waals surface area contributed by atoms with E-state index >= 15 is 0 Å². The lowest BCUT2D eigenvalue weighted by Gasteiger charge is -2.06. The minimum atomic E-state index is -1.11. The fraction of sp³-hybridized carbons (Fsp3) is 0.357. The van der Waals surface area contributed by atoms with E-state index in [0.717, 1.165) is 6.20 Å². The summed E-state index contributed by atoms with van der Waals surface area (Å²) in [6.07, 6.45) is 2.42. The second kappa shape index (κ2) is 7.79. The van der Waals surface area contributed by atoms with Gasteiger partial charge in [-0.2, -0.15) is 10.2 Å². The molecule has 134 valence electrons. The minimum Gasteiger partial charge on any atom is -0.478 e. The summed E-state index contributed by atoms with van der Waals surface area (Å²) in [5.74, 6) is -1.90.